The van der Waals surface area contributed by atoms with Crippen LogP contribution in [-0.2, 0) is 10.0 Å². The molecule has 1 aromatic heterocycles. The Hall–Kier alpha value is -2.92. The average Bonchev–Trinajstić information content (AvgIpc) is 3.12. The van der Waals surface area contributed by atoms with E-state index in [9.17, 15) is 8.42 Å². The number of benzene rings is 2. The van der Waals surface area contributed by atoms with E-state index < -0.39 is 16.1 Å². The number of rotatable bonds is 9. The molecule has 1 heterocycles. The van der Waals surface area contributed by atoms with Gasteiger partial charge in [-0.05, 0) is 29.6 Å². The number of aliphatic hydroxyl groups excluding tert-OH is 1. The Morgan fingerprint density at radius 2 is 2.03 bits per heavy atom. The van der Waals surface area contributed by atoms with Gasteiger partial charge in [0.15, 0.2) is 11.8 Å². The Morgan fingerprint density at radius 3 is 2.69 bits per heavy atom. The quantitative estimate of drug-likeness (QED) is 0.0557. The third-order valence-corrected chi connectivity index (χ3v) is 6.42. The zero-order valence-corrected chi connectivity index (χ0v) is 18.4. The highest BCUT2D eigenvalue weighted by Gasteiger charge is 2.27. The minimum atomic E-state index is -4.29. The highest BCUT2D eigenvalue weighted by Crippen LogP contribution is 2.37. The summed E-state index contributed by atoms with van der Waals surface area (Å²) in [4.78, 5) is 7.21. The molecule has 0 fully saturated rings. The van der Waals surface area contributed by atoms with Crippen molar-refractivity contribution < 1.29 is 13.5 Å². The predicted octanol–water partition coefficient (Wildman–Crippen LogP) is -1.54. The Labute approximate surface area is 188 Å². The fourth-order valence-electron chi connectivity index (χ4n) is 3.09. The van der Waals surface area contributed by atoms with Crippen molar-refractivity contribution >= 4 is 44.8 Å². The molecule has 32 heavy (non-hydrogen) atoms. The summed E-state index contributed by atoms with van der Waals surface area (Å²) in [6.45, 7) is -0.0273. The van der Waals surface area contributed by atoms with Crippen molar-refractivity contribution in [2.24, 2.45) is 27.6 Å². The van der Waals surface area contributed by atoms with Crippen LogP contribution in [0.25, 0.3) is 22.2 Å². The lowest BCUT2D eigenvalue weighted by Crippen LogP contribution is -2.34. The number of anilines is 1. The number of hydrazine groups is 1. The second-order valence-corrected chi connectivity index (χ2v) is 9.13. The predicted molar refractivity (Wildman–Crippen MR) is 124 cm³/mol. The van der Waals surface area contributed by atoms with Crippen molar-refractivity contribution in [2.75, 3.05) is 18.9 Å². The number of H-pyrrole nitrogens is 1. The maximum atomic E-state index is 12.7. The normalized spacial score (nSPS) is 13.4. The molecule has 2 aromatic carbocycles. The monoisotopic (exact) mass is 480 g/mol. The van der Waals surface area contributed by atoms with Crippen molar-refractivity contribution in [3.05, 3.63) is 35.9 Å². The summed E-state index contributed by atoms with van der Waals surface area (Å²) >= 11 is 0.975. The van der Waals surface area contributed by atoms with Gasteiger partial charge in [0.25, 0.3) is 0 Å². The molecule has 0 aliphatic carbocycles. The third-order valence-electron chi connectivity index (χ3n) is 4.43. The minimum Gasteiger partial charge on any atom is -0.395 e. The smallest absolute Gasteiger partial charge is 0.239 e. The van der Waals surface area contributed by atoms with Crippen LogP contribution < -0.4 is 38.4 Å². The largest absolute Gasteiger partial charge is 0.395 e. The molecule has 15 heteroatoms. The molecule has 1 atom stereocenters. The first-order valence-electron chi connectivity index (χ1n) is 9.17. The Balaban J connectivity index is 2.27. The topological polar surface area (TPSA) is 250 Å². The zero-order valence-electron chi connectivity index (χ0n) is 16.7. The number of nitrogens with zero attached hydrogens (tertiary/aromatic N) is 2. The number of aromatic nitrogens is 2. The van der Waals surface area contributed by atoms with Crippen LogP contribution in [0.5, 0.6) is 0 Å². The second kappa shape index (κ2) is 9.70. The van der Waals surface area contributed by atoms with Gasteiger partial charge in [-0.25, -0.2) is 29.9 Å². The molecule has 0 bridgehead atoms. The van der Waals surface area contributed by atoms with E-state index in [0.29, 0.717) is 22.2 Å². The van der Waals surface area contributed by atoms with Crippen molar-refractivity contribution in [1.82, 2.24) is 20.2 Å². The van der Waals surface area contributed by atoms with Crippen LogP contribution in [-0.4, -0.2) is 48.5 Å². The first kappa shape index (κ1) is 23.7. The summed E-state index contributed by atoms with van der Waals surface area (Å²) < 4.78 is 28.2. The zero-order chi connectivity index (χ0) is 23.5. The van der Waals surface area contributed by atoms with Crippen molar-refractivity contribution in [1.29, 1.82) is 0 Å². The molecule has 0 saturated carbocycles. The molecule has 0 saturated heterocycles. The number of imidazole rings is 1. The first-order chi connectivity index (χ1) is 15.2. The molecule has 14 N–H and O–H groups in total. The van der Waals surface area contributed by atoms with Crippen LogP contribution in [0.4, 0.5) is 5.95 Å². The highest BCUT2D eigenvalue weighted by atomic mass is 32.2. The number of hydrogen-bond donors (Lipinski definition) is 9. The Morgan fingerprint density at radius 1 is 1.28 bits per heavy atom. The van der Waals surface area contributed by atoms with E-state index in [1.807, 2.05) is 0 Å². The third kappa shape index (κ3) is 4.94. The fraction of sp³-hybridized carbons (Fsp3) is 0.176. The molecular weight excluding hydrogens is 456 g/mol. The number of nitrogen functional groups attached to an aromatic ring is 1. The van der Waals surface area contributed by atoms with Crippen LogP contribution >= 0.6 is 11.9 Å². The van der Waals surface area contributed by atoms with E-state index >= 15 is 0 Å². The summed E-state index contributed by atoms with van der Waals surface area (Å²) in [5, 5.41) is 18.4. The van der Waals surface area contributed by atoms with E-state index in [1.165, 1.54) is 0 Å². The number of fused-ring (bicyclic) bond motifs is 1. The van der Waals surface area contributed by atoms with E-state index in [2.05, 4.69) is 25.3 Å². The molecule has 0 spiro atoms. The van der Waals surface area contributed by atoms with Crippen LogP contribution in [0.2, 0.25) is 0 Å². The van der Waals surface area contributed by atoms with E-state index in [-0.39, 0.29) is 40.3 Å². The molecular formula is C17H24N10O3S2. The number of nitrogens with two attached hydrogens (primary N) is 5. The molecule has 0 aliphatic rings. The molecule has 3 rings (SSSR count). The van der Waals surface area contributed by atoms with Gasteiger partial charge in [0.1, 0.15) is 4.90 Å². The standard InChI is InChI=1S/C17H24N10O3S2/c18-8(7-28)6-23-31-12-5-4-9(10-2-1-3-11-14(10)25-17(20)24-11)13(16(19)26-27-21)15(12)32(22,29)30/h1-5,8,23,27-28H,6-7,18,21H2,(H2,19,26)(H3,20,24,25)(H2,22,29,30). The van der Waals surface area contributed by atoms with Gasteiger partial charge >= 0.3 is 0 Å². The number of amidine groups is 1. The average molecular weight is 481 g/mol. The SMILES string of the molecule is NN/N=C(\N)c1c(-c2cccc3[nH]c(N)nc23)ccc(SNCC(N)CO)c1S(N)(=O)=O. The first-order valence-corrected chi connectivity index (χ1v) is 11.5. The van der Waals surface area contributed by atoms with E-state index in [0.717, 1.165) is 11.9 Å². The van der Waals surface area contributed by atoms with Crippen LogP contribution in [0.1, 0.15) is 5.56 Å². The Kier molecular flexibility index (Phi) is 7.19. The van der Waals surface area contributed by atoms with Crippen LogP contribution in [0.15, 0.2) is 45.2 Å². The lowest BCUT2D eigenvalue weighted by atomic mass is 9.97. The van der Waals surface area contributed by atoms with Gasteiger partial charge in [0.2, 0.25) is 10.0 Å². The number of sulfonamides is 1. The van der Waals surface area contributed by atoms with Crippen LogP contribution in [0, 0.1) is 0 Å². The lowest BCUT2D eigenvalue weighted by molar-refractivity contribution is 0.267. The highest BCUT2D eigenvalue weighted by molar-refractivity contribution is 7.98. The molecule has 1 unspecified atom stereocenters. The van der Waals surface area contributed by atoms with Crippen molar-refractivity contribution in [2.45, 2.75) is 15.8 Å². The van der Waals surface area contributed by atoms with E-state index in [1.54, 1.807) is 30.3 Å². The fourth-order valence-corrected chi connectivity index (χ4v) is 5.19. The van der Waals surface area contributed by atoms with Gasteiger partial charge in [-0.3, -0.25) is 4.72 Å². The number of primary sulfonamides is 1. The van der Waals surface area contributed by atoms with Crippen LogP contribution in [0.3, 0.4) is 0 Å². The molecule has 0 radical (unpaired) electrons. The van der Waals surface area contributed by atoms with Gasteiger partial charge < -0.3 is 27.3 Å². The minimum absolute atomic E-state index is 0.0396. The summed E-state index contributed by atoms with van der Waals surface area (Å²) in [7, 11) is -4.29. The number of hydrazone groups is 1. The molecule has 172 valence electrons. The molecule has 13 nitrogen and oxygen atoms in total. The van der Waals surface area contributed by atoms with Crippen molar-refractivity contribution in [3.63, 3.8) is 0 Å². The lowest BCUT2D eigenvalue weighted by Gasteiger charge is -2.18. The Bertz CT molecular complexity index is 1260. The number of aliphatic hydroxyl groups is 1. The maximum absolute atomic E-state index is 12.7. The summed E-state index contributed by atoms with van der Waals surface area (Å²) in [6.07, 6.45) is 0. The summed E-state index contributed by atoms with van der Waals surface area (Å²) in [6, 6.07) is 7.97. The molecule has 3 aromatic rings. The van der Waals surface area contributed by atoms with Gasteiger partial charge in [0, 0.05) is 28.6 Å². The number of aromatic amines is 1. The van der Waals surface area contributed by atoms with Gasteiger partial charge in [-0.15, -0.1) is 5.10 Å². The van der Waals surface area contributed by atoms with Gasteiger partial charge in [-0.1, -0.05) is 18.2 Å². The van der Waals surface area contributed by atoms with Gasteiger partial charge in [-0.2, -0.15) is 0 Å². The number of nitrogens with one attached hydrogen (secondary N) is 3. The number of hydrogen-bond acceptors (Lipinski definition) is 11. The van der Waals surface area contributed by atoms with Crippen molar-refractivity contribution in [3.8, 4) is 11.1 Å². The molecule has 0 aliphatic heterocycles. The van der Waals surface area contributed by atoms with E-state index in [4.69, 9.17) is 33.3 Å². The summed E-state index contributed by atoms with van der Waals surface area (Å²) in [5.74, 6) is 5.28. The molecule has 0 amide bonds. The second-order valence-electron chi connectivity index (χ2n) is 6.70. The maximum Gasteiger partial charge on any atom is 0.239 e. The van der Waals surface area contributed by atoms with Gasteiger partial charge in [0.05, 0.1) is 17.6 Å². The summed E-state index contributed by atoms with van der Waals surface area (Å²) in [5.41, 5.74) is 21.8. The number of para-hydroxylation sites is 1.